The highest BCUT2D eigenvalue weighted by molar-refractivity contribution is 5.78. The molecule has 4 nitrogen and oxygen atoms in total. The van der Waals surface area contributed by atoms with Crippen molar-refractivity contribution in [3.05, 3.63) is 0 Å². The van der Waals surface area contributed by atoms with Crippen molar-refractivity contribution in [2.45, 2.75) is 50.7 Å². The third kappa shape index (κ3) is 3.76. The van der Waals surface area contributed by atoms with E-state index in [0.717, 1.165) is 26.1 Å². The Labute approximate surface area is 97.1 Å². The van der Waals surface area contributed by atoms with E-state index >= 15 is 0 Å². The maximum absolute atomic E-state index is 11.0. The largest absolute Gasteiger partial charge is 0.377 e. The summed E-state index contributed by atoms with van der Waals surface area (Å²) in [7, 11) is 0. The molecule has 4 heteroatoms. The van der Waals surface area contributed by atoms with Gasteiger partial charge in [0.1, 0.15) is 0 Å². The number of rotatable bonds is 6. The number of carbonyl (C=O) groups excluding carboxylic acids is 1. The second-order valence-electron chi connectivity index (χ2n) is 4.78. The number of ether oxygens (including phenoxy) is 1. The first kappa shape index (κ1) is 11.9. The summed E-state index contributed by atoms with van der Waals surface area (Å²) < 4.78 is 5.74. The summed E-state index contributed by atoms with van der Waals surface area (Å²) >= 11 is 0. The lowest BCUT2D eigenvalue weighted by Gasteiger charge is -2.13. The fraction of sp³-hybridized carbons (Fsp3) is 0.917. The van der Waals surface area contributed by atoms with Gasteiger partial charge in [0.25, 0.3) is 0 Å². The number of hydrogen-bond acceptors (Lipinski definition) is 3. The Bertz CT molecular complexity index is 227. The van der Waals surface area contributed by atoms with E-state index in [2.05, 4.69) is 10.6 Å². The van der Waals surface area contributed by atoms with Gasteiger partial charge in [0.2, 0.25) is 5.91 Å². The van der Waals surface area contributed by atoms with Gasteiger partial charge in [-0.2, -0.15) is 0 Å². The van der Waals surface area contributed by atoms with Crippen molar-refractivity contribution >= 4 is 5.91 Å². The van der Waals surface area contributed by atoms with Crippen LogP contribution in [0.3, 0.4) is 0 Å². The van der Waals surface area contributed by atoms with Crippen LogP contribution in [0, 0.1) is 0 Å². The summed E-state index contributed by atoms with van der Waals surface area (Å²) in [5.74, 6) is 0.189. The van der Waals surface area contributed by atoms with Crippen molar-refractivity contribution in [1.29, 1.82) is 0 Å². The van der Waals surface area contributed by atoms with Gasteiger partial charge in [-0.05, 0) is 19.3 Å². The minimum Gasteiger partial charge on any atom is -0.377 e. The fourth-order valence-electron chi connectivity index (χ4n) is 2.46. The van der Waals surface area contributed by atoms with Crippen molar-refractivity contribution < 1.29 is 9.53 Å². The first-order valence-electron chi connectivity index (χ1n) is 6.46. The van der Waals surface area contributed by atoms with Crippen LogP contribution in [-0.4, -0.2) is 37.7 Å². The molecule has 92 valence electrons. The molecule has 16 heavy (non-hydrogen) atoms. The average Bonchev–Trinajstić information content (AvgIpc) is 2.89. The van der Waals surface area contributed by atoms with Crippen LogP contribution in [0.1, 0.15) is 38.5 Å². The fourth-order valence-corrected chi connectivity index (χ4v) is 2.46. The van der Waals surface area contributed by atoms with Gasteiger partial charge in [-0.1, -0.05) is 12.8 Å². The standard InChI is InChI=1S/C12H22N2O2/c15-12-6-5-10(14-12)9-13-7-8-16-11-3-1-2-4-11/h10-11,13H,1-9H2,(H,14,15). The Morgan fingerprint density at radius 3 is 2.81 bits per heavy atom. The second-order valence-corrected chi connectivity index (χ2v) is 4.78. The van der Waals surface area contributed by atoms with E-state index in [0.29, 0.717) is 18.6 Å². The molecule has 1 heterocycles. The van der Waals surface area contributed by atoms with Gasteiger partial charge in [-0.25, -0.2) is 0 Å². The molecule has 0 bridgehead atoms. The Balaban J connectivity index is 1.44. The van der Waals surface area contributed by atoms with Gasteiger partial charge in [-0.3, -0.25) is 4.79 Å². The first-order valence-corrected chi connectivity index (χ1v) is 6.46. The monoisotopic (exact) mass is 226 g/mol. The molecule has 1 saturated carbocycles. The molecule has 0 radical (unpaired) electrons. The summed E-state index contributed by atoms with van der Waals surface area (Å²) in [6.45, 7) is 2.56. The smallest absolute Gasteiger partial charge is 0.220 e. The maximum Gasteiger partial charge on any atom is 0.220 e. The maximum atomic E-state index is 11.0. The van der Waals surface area contributed by atoms with Gasteiger partial charge < -0.3 is 15.4 Å². The minimum atomic E-state index is 0.189. The molecular formula is C12H22N2O2. The van der Waals surface area contributed by atoms with E-state index in [1.807, 2.05) is 0 Å². The molecule has 2 fully saturated rings. The lowest BCUT2D eigenvalue weighted by Crippen LogP contribution is -2.37. The van der Waals surface area contributed by atoms with Gasteiger partial charge in [0.05, 0.1) is 12.7 Å². The zero-order valence-corrected chi connectivity index (χ0v) is 9.84. The van der Waals surface area contributed by atoms with Crippen LogP contribution in [0.4, 0.5) is 0 Å². The summed E-state index contributed by atoms with van der Waals surface area (Å²) in [5.41, 5.74) is 0. The molecule has 2 rings (SSSR count). The third-order valence-corrected chi connectivity index (χ3v) is 3.41. The van der Waals surface area contributed by atoms with Crippen LogP contribution in [0.5, 0.6) is 0 Å². The van der Waals surface area contributed by atoms with Crippen LogP contribution in [0.2, 0.25) is 0 Å². The van der Waals surface area contributed by atoms with Crippen LogP contribution in [0.25, 0.3) is 0 Å². The molecule has 2 aliphatic rings. The van der Waals surface area contributed by atoms with Crippen molar-refractivity contribution in [3.8, 4) is 0 Å². The highest BCUT2D eigenvalue weighted by Crippen LogP contribution is 2.20. The van der Waals surface area contributed by atoms with E-state index in [4.69, 9.17) is 4.74 Å². The molecular weight excluding hydrogens is 204 g/mol. The van der Waals surface area contributed by atoms with Gasteiger partial charge >= 0.3 is 0 Å². The van der Waals surface area contributed by atoms with E-state index in [9.17, 15) is 4.79 Å². The predicted molar refractivity (Wildman–Crippen MR) is 62.2 cm³/mol. The zero-order chi connectivity index (χ0) is 11.2. The van der Waals surface area contributed by atoms with E-state index in [1.165, 1.54) is 25.7 Å². The van der Waals surface area contributed by atoms with Crippen LogP contribution >= 0.6 is 0 Å². The summed E-state index contributed by atoms with van der Waals surface area (Å²) in [4.78, 5) is 11.0. The molecule has 0 aromatic rings. The topological polar surface area (TPSA) is 50.4 Å². The SMILES string of the molecule is O=C1CCC(CNCCOC2CCCC2)N1. The number of nitrogens with one attached hydrogen (secondary N) is 2. The highest BCUT2D eigenvalue weighted by Gasteiger charge is 2.19. The van der Waals surface area contributed by atoms with Crippen molar-refractivity contribution in [2.75, 3.05) is 19.7 Å². The number of carbonyl (C=O) groups is 1. The quantitative estimate of drug-likeness (QED) is 0.659. The van der Waals surface area contributed by atoms with Crippen LogP contribution in [-0.2, 0) is 9.53 Å². The Morgan fingerprint density at radius 2 is 2.12 bits per heavy atom. The lowest BCUT2D eigenvalue weighted by atomic mass is 10.2. The average molecular weight is 226 g/mol. The first-order chi connectivity index (χ1) is 7.84. The minimum absolute atomic E-state index is 0.189. The molecule has 1 aliphatic heterocycles. The molecule has 1 unspecified atom stereocenters. The Kier molecular flexibility index (Phi) is 4.60. The van der Waals surface area contributed by atoms with Crippen molar-refractivity contribution in [3.63, 3.8) is 0 Å². The normalized spacial score (nSPS) is 26.2. The summed E-state index contributed by atoms with van der Waals surface area (Å²) in [6.07, 6.45) is 7.28. The third-order valence-electron chi connectivity index (χ3n) is 3.41. The Morgan fingerprint density at radius 1 is 1.31 bits per heavy atom. The molecule has 1 amide bonds. The number of amides is 1. The second kappa shape index (κ2) is 6.21. The molecule has 1 aliphatic carbocycles. The van der Waals surface area contributed by atoms with Crippen LogP contribution < -0.4 is 10.6 Å². The predicted octanol–water partition coefficient (Wildman–Crippen LogP) is 0.814. The lowest BCUT2D eigenvalue weighted by molar-refractivity contribution is -0.119. The van der Waals surface area contributed by atoms with Crippen molar-refractivity contribution in [1.82, 2.24) is 10.6 Å². The molecule has 0 aromatic heterocycles. The van der Waals surface area contributed by atoms with E-state index < -0.39 is 0 Å². The summed E-state index contributed by atoms with van der Waals surface area (Å²) in [5, 5.41) is 6.28. The Hall–Kier alpha value is -0.610. The van der Waals surface area contributed by atoms with Gasteiger partial charge in [-0.15, -0.1) is 0 Å². The number of hydrogen-bond donors (Lipinski definition) is 2. The highest BCUT2D eigenvalue weighted by atomic mass is 16.5. The van der Waals surface area contributed by atoms with Gasteiger partial charge in [0, 0.05) is 25.6 Å². The molecule has 1 saturated heterocycles. The van der Waals surface area contributed by atoms with E-state index in [-0.39, 0.29) is 5.91 Å². The molecule has 2 N–H and O–H groups in total. The van der Waals surface area contributed by atoms with Gasteiger partial charge in [0.15, 0.2) is 0 Å². The zero-order valence-electron chi connectivity index (χ0n) is 9.84. The molecule has 1 atom stereocenters. The molecule has 0 spiro atoms. The van der Waals surface area contributed by atoms with Crippen LogP contribution in [0.15, 0.2) is 0 Å². The molecule has 0 aromatic carbocycles. The van der Waals surface area contributed by atoms with E-state index in [1.54, 1.807) is 0 Å². The summed E-state index contributed by atoms with van der Waals surface area (Å²) in [6, 6.07) is 0.332. The van der Waals surface area contributed by atoms with Crippen molar-refractivity contribution in [2.24, 2.45) is 0 Å².